The number of aromatic nitrogens is 1. The predicted octanol–water partition coefficient (Wildman–Crippen LogP) is 3.74. The summed E-state index contributed by atoms with van der Waals surface area (Å²) >= 11 is 0.960. The number of hydrogen-bond acceptors (Lipinski definition) is 3. The van der Waals surface area contributed by atoms with E-state index in [9.17, 15) is 18.0 Å². The first-order valence-corrected chi connectivity index (χ1v) is 5.85. The molecule has 0 aliphatic rings. The molecule has 0 saturated heterocycles. The lowest BCUT2D eigenvalue weighted by Gasteiger charge is -2.00. The maximum atomic E-state index is 13.6. The van der Waals surface area contributed by atoms with E-state index in [4.69, 9.17) is 0 Å². The smallest absolute Gasteiger partial charge is 0.195 e. The molecular weight excluding hydrogens is 263 g/mol. The summed E-state index contributed by atoms with van der Waals surface area (Å²) < 4.78 is 39.5. The van der Waals surface area contributed by atoms with Gasteiger partial charge >= 0.3 is 0 Å². The first kappa shape index (κ1) is 12.8. The maximum absolute atomic E-state index is 13.6. The van der Waals surface area contributed by atoms with E-state index in [1.54, 1.807) is 6.92 Å². The highest BCUT2D eigenvalue weighted by molar-refractivity contribution is 7.17. The molecule has 1 heterocycles. The van der Waals surface area contributed by atoms with Gasteiger partial charge in [0.1, 0.15) is 5.01 Å². The van der Waals surface area contributed by atoms with Crippen molar-refractivity contribution in [2.75, 3.05) is 0 Å². The number of nitrogens with zero attached hydrogens (tertiary/aromatic N) is 1. The van der Waals surface area contributed by atoms with Crippen molar-refractivity contribution in [1.82, 2.24) is 4.98 Å². The van der Waals surface area contributed by atoms with Gasteiger partial charge in [0.15, 0.2) is 23.2 Å². The van der Waals surface area contributed by atoms with Gasteiger partial charge in [0, 0.05) is 12.5 Å². The van der Waals surface area contributed by atoms with Crippen LogP contribution < -0.4 is 0 Å². The molecule has 2 nitrogen and oxygen atoms in total. The van der Waals surface area contributed by atoms with Crippen LogP contribution in [0.3, 0.4) is 0 Å². The summed E-state index contributed by atoms with van der Waals surface area (Å²) in [6.07, 6.45) is 0. The molecule has 1 aromatic carbocycles. The largest absolute Gasteiger partial charge is 0.294 e. The Morgan fingerprint density at radius 2 is 1.89 bits per heavy atom. The summed E-state index contributed by atoms with van der Waals surface area (Å²) in [4.78, 5) is 15.6. The third-order valence-electron chi connectivity index (χ3n) is 2.38. The van der Waals surface area contributed by atoms with Gasteiger partial charge in [0.05, 0.1) is 10.6 Å². The number of hydrogen-bond donors (Lipinski definition) is 0. The summed E-state index contributed by atoms with van der Waals surface area (Å²) in [5, 5.41) is 0.161. The molecule has 0 spiro atoms. The monoisotopic (exact) mass is 271 g/mol. The summed E-state index contributed by atoms with van der Waals surface area (Å²) in [5.74, 6) is -4.28. The molecule has 1 aromatic heterocycles. The van der Waals surface area contributed by atoms with Crippen LogP contribution in [0.15, 0.2) is 12.1 Å². The Labute approximate surface area is 105 Å². The quantitative estimate of drug-likeness (QED) is 0.615. The number of benzene rings is 1. The average Bonchev–Trinajstić information content (AvgIpc) is 2.68. The fraction of sp³-hybridized carbons (Fsp3) is 0.167. The van der Waals surface area contributed by atoms with Gasteiger partial charge in [-0.25, -0.2) is 18.2 Å². The van der Waals surface area contributed by atoms with Gasteiger partial charge in [0.2, 0.25) is 0 Å². The Bertz CT molecular complexity index is 636. The third-order valence-corrected chi connectivity index (χ3v) is 3.67. The van der Waals surface area contributed by atoms with Crippen LogP contribution >= 0.6 is 11.3 Å². The molecule has 0 bridgehead atoms. The van der Waals surface area contributed by atoms with E-state index in [2.05, 4.69) is 4.98 Å². The lowest BCUT2D eigenvalue weighted by atomic mass is 10.2. The van der Waals surface area contributed by atoms with Crippen molar-refractivity contribution < 1.29 is 18.0 Å². The van der Waals surface area contributed by atoms with Gasteiger partial charge in [0.25, 0.3) is 0 Å². The molecule has 6 heteroatoms. The van der Waals surface area contributed by atoms with Gasteiger partial charge in [-0.3, -0.25) is 4.79 Å². The van der Waals surface area contributed by atoms with Gasteiger partial charge in [-0.05, 0) is 19.1 Å². The molecule has 0 amide bonds. The highest BCUT2D eigenvalue weighted by atomic mass is 32.1. The number of carbonyl (C=O) groups excluding carboxylic acids is 1. The number of halogens is 3. The summed E-state index contributed by atoms with van der Waals surface area (Å²) in [7, 11) is 0. The fourth-order valence-corrected chi connectivity index (χ4v) is 2.51. The summed E-state index contributed by atoms with van der Waals surface area (Å²) in [6, 6.07) is 1.94. The number of thiazole rings is 1. The van der Waals surface area contributed by atoms with Crippen molar-refractivity contribution in [3.8, 4) is 10.6 Å². The molecule has 2 aromatic rings. The third kappa shape index (κ3) is 2.03. The maximum Gasteiger partial charge on any atom is 0.195 e. The van der Waals surface area contributed by atoms with Crippen LogP contribution in [0.2, 0.25) is 0 Å². The van der Waals surface area contributed by atoms with E-state index in [1.165, 1.54) is 6.92 Å². The van der Waals surface area contributed by atoms with E-state index >= 15 is 0 Å². The van der Waals surface area contributed by atoms with Crippen LogP contribution in [-0.2, 0) is 0 Å². The van der Waals surface area contributed by atoms with E-state index in [0.717, 1.165) is 23.5 Å². The summed E-state index contributed by atoms with van der Waals surface area (Å²) in [5.41, 5.74) is 0.307. The lowest BCUT2D eigenvalue weighted by Crippen LogP contribution is -1.93. The van der Waals surface area contributed by atoms with Crippen molar-refractivity contribution >= 4 is 17.1 Å². The molecule has 0 unspecified atom stereocenters. The minimum Gasteiger partial charge on any atom is -0.294 e. The number of ketones is 1. The lowest BCUT2D eigenvalue weighted by molar-refractivity contribution is 0.102. The Kier molecular flexibility index (Phi) is 3.21. The summed E-state index contributed by atoms with van der Waals surface area (Å²) in [6.45, 7) is 2.97. The first-order chi connectivity index (χ1) is 8.41. The molecule has 18 heavy (non-hydrogen) atoms. The Balaban J connectivity index is 2.60. The second-order valence-corrected chi connectivity index (χ2v) is 4.71. The van der Waals surface area contributed by atoms with E-state index in [1.807, 2.05) is 0 Å². The van der Waals surface area contributed by atoms with E-state index < -0.39 is 17.5 Å². The minimum atomic E-state index is -1.54. The van der Waals surface area contributed by atoms with Crippen LogP contribution in [0, 0.1) is 24.4 Å². The van der Waals surface area contributed by atoms with Gasteiger partial charge in [-0.15, -0.1) is 11.3 Å². The molecule has 0 aliphatic carbocycles. The number of aryl methyl sites for hydroxylation is 1. The second kappa shape index (κ2) is 4.53. The van der Waals surface area contributed by atoms with Crippen molar-refractivity contribution in [2.24, 2.45) is 0 Å². The van der Waals surface area contributed by atoms with Crippen LogP contribution in [0.5, 0.6) is 0 Å². The van der Waals surface area contributed by atoms with Crippen LogP contribution in [0.25, 0.3) is 10.6 Å². The molecule has 0 atom stereocenters. The molecule has 0 N–H and O–H groups in total. The molecule has 0 saturated carbocycles. The van der Waals surface area contributed by atoms with Gasteiger partial charge < -0.3 is 0 Å². The topological polar surface area (TPSA) is 30.0 Å². The van der Waals surface area contributed by atoms with Crippen molar-refractivity contribution in [3.05, 3.63) is 40.2 Å². The van der Waals surface area contributed by atoms with Crippen molar-refractivity contribution in [3.63, 3.8) is 0 Å². The normalized spacial score (nSPS) is 10.7. The molecule has 2 rings (SSSR count). The highest BCUT2D eigenvalue weighted by Gasteiger charge is 2.19. The molecule has 0 aliphatic heterocycles. The van der Waals surface area contributed by atoms with Crippen LogP contribution in [0.4, 0.5) is 13.2 Å². The number of Topliss-reactive ketones (excluding diaryl/α,β-unsaturated/α-hetero) is 1. The SMILES string of the molecule is CC(=O)c1sc(-c2ccc(F)c(F)c2F)nc1C. The van der Waals surface area contributed by atoms with Gasteiger partial charge in [-0.1, -0.05) is 0 Å². The van der Waals surface area contributed by atoms with E-state index in [0.29, 0.717) is 10.6 Å². The number of carbonyl (C=O) groups is 1. The Hall–Kier alpha value is -1.69. The molecule has 94 valence electrons. The predicted molar refractivity (Wildman–Crippen MR) is 62.2 cm³/mol. The average molecular weight is 271 g/mol. The van der Waals surface area contributed by atoms with Crippen molar-refractivity contribution in [2.45, 2.75) is 13.8 Å². The van der Waals surface area contributed by atoms with Crippen LogP contribution in [-0.4, -0.2) is 10.8 Å². The van der Waals surface area contributed by atoms with Gasteiger partial charge in [-0.2, -0.15) is 0 Å². The highest BCUT2D eigenvalue weighted by Crippen LogP contribution is 2.31. The van der Waals surface area contributed by atoms with E-state index in [-0.39, 0.29) is 16.4 Å². The molecule has 0 radical (unpaired) electrons. The van der Waals surface area contributed by atoms with Crippen LogP contribution in [0.1, 0.15) is 22.3 Å². The Morgan fingerprint density at radius 1 is 1.22 bits per heavy atom. The zero-order valence-electron chi connectivity index (χ0n) is 9.55. The molecular formula is C12H8F3NOS. The zero-order chi connectivity index (χ0) is 13.4. The number of rotatable bonds is 2. The molecule has 0 fully saturated rings. The standard InChI is InChI=1S/C12H8F3NOS/c1-5-11(6(2)17)18-12(16-5)7-3-4-8(13)10(15)9(7)14/h3-4H,1-2H3. The second-order valence-electron chi connectivity index (χ2n) is 3.71. The zero-order valence-corrected chi connectivity index (χ0v) is 10.4. The van der Waals surface area contributed by atoms with Crippen molar-refractivity contribution in [1.29, 1.82) is 0 Å². The first-order valence-electron chi connectivity index (χ1n) is 5.04. The Morgan fingerprint density at radius 3 is 2.44 bits per heavy atom. The fourth-order valence-electron chi connectivity index (χ4n) is 1.53. The minimum absolute atomic E-state index is 0.144.